The van der Waals surface area contributed by atoms with Crippen molar-refractivity contribution in [3.05, 3.63) is 29.3 Å². The fourth-order valence-electron chi connectivity index (χ4n) is 1.75. The van der Waals surface area contributed by atoms with Gasteiger partial charge in [0.2, 0.25) is 0 Å². The summed E-state index contributed by atoms with van der Waals surface area (Å²) in [5, 5.41) is 11.2. The van der Waals surface area contributed by atoms with Gasteiger partial charge in [0.25, 0.3) is 5.91 Å². The molecule has 0 unspecified atom stereocenters. The van der Waals surface area contributed by atoms with Crippen molar-refractivity contribution >= 4 is 11.9 Å². The number of hydrogen-bond donors (Lipinski definition) is 2. The molecule has 1 aromatic rings. The van der Waals surface area contributed by atoms with Gasteiger partial charge >= 0.3 is 5.97 Å². The lowest BCUT2D eigenvalue weighted by atomic mass is 10.0. The number of aliphatic carboxylic acids is 1. The van der Waals surface area contributed by atoms with Crippen LogP contribution in [0.4, 0.5) is 0 Å². The van der Waals surface area contributed by atoms with Crippen LogP contribution in [0.5, 0.6) is 5.75 Å². The molecule has 0 saturated carbocycles. The van der Waals surface area contributed by atoms with E-state index < -0.39 is 5.97 Å². The number of fused-ring (bicyclic) bond motifs is 1. The maximum Gasteiger partial charge on any atom is 0.306 e. The van der Waals surface area contributed by atoms with E-state index >= 15 is 0 Å². The molecule has 0 bridgehead atoms. The van der Waals surface area contributed by atoms with Crippen LogP contribution in [0.15, 0.2) is 18.2 Å². The average Bonchev–Trinajstić information content (AvgIpc) is 2.29. The quantitative estimate of drug-likeness (QED) is 0.810. The molecule has 0 saturated heterocycles. The first-order valence-electron chi connectivity index (χ1n) is 5.42. The van der Waals surface area contributed by atoms with Crippen LogP contribution in [0.1, 0.15) is 22.3 Å². The number of rotatable bonds is 4. The normalized spacial score (nSPS) is 13.8. The molecule has 90 valence electrons. The molecule has 5 heteroatoms. The van der Waals surface area contributed by atoms with Crippen LogP contribution in [0, 0.1) is 0 Å². The van der Waals surface area contributed by atoms with Crippen LogP contribution in [-0.2, 0) is 11.2 Å². The van der Waals surface area contributed by atoms with E-state index in [9.17, 15) is 9.59 Å². The smallest absolute Gasteiger partial charge is 0.306 e. The Bertz CT molecular complexity index is 456. The largest absolute Gasteiger partial charge is 0.493 e. The third kappa shape index (κ3) is 2.75. The SMILES string of the molecule is O=C(O)CCOc1ccc2c(c1)CCNC2=O. The zero-order chi connectivity index (χ0) is 12.3. The molecule has 1 aliphatic heterocycles. The van der Waals surface area contributed by atoms with E-state index in [-0.39, 0.29) is 18.9 Å². The predicted octanol–water partition coefficient (Wildman–Crippen LogP) is 0.826. The summed E-state index contributed by atoms with van der Waals surface area (Å²) >= 11 is 0. The predicted molar refractivity (Wildman–Crippen MR) is 60.2 cm³/mol. The van der Waals surface area contributed by atoms with Crippen molar-refractivity contribution in [2.75, 3.05) is 13.2 Å². The Morgan fingerprint density at radius 1 is 1.47 bits per heavy atom. The third-order valence-corrected chi connectivity index (χ3v) is 2.59. The third-order valence-electron chi connectivity index (χ3n) is 2.59. The molecule has 0 aromatic heterocycles. The molecule has 0 atom stereocenters. The molecule has 5 nitrogen and oxygen atoms in total. The first-order valence-corrected chi connectivity index (χ1v) is 5.42. The highest BCUT2D eigenvalue weighted by atomic mass is 16.5. The van der Waals surface area contributed by atoms with E-state index in [4.69, 9.17) is 9.84 Å². The highest BCUT2D eigenvalue weighted by Crippen LogP contribution is 2.20. The van der Waals surface area contributed by atoms with Gasteiger partial charge in [-0.25, -0.2) is 0 Å². The summed E-state index contributed by atoms with van der Waals surface area (Å²) in [6.07, 6.45) is 0.745. The van der Waals surface area contributed by atoms with E-state index in [1.54, 1.807) is 18.2 Å². The van der Waals surface area contributed by atoms with Crippen LogP contribution in [-0.4, -0.2) is 30.1 Å². The monoisotopic (exact) mass is 235 g/mol. The van der Waals surface area contributed by atoms with Crippen LogP contribution < -0.4 is 10.1 Å². The van der Waals surface area contributed by atoms with Crippen molar-refractivity contribution in [2.24, 2.45) is 0 Å². The van der Waals surface area contributed by atoms with E-state index in [1.165, 1.54) is 0 Å². The molecular weight excluding hydrogens is 222 g/mol. The Hall–Kier alpha value is -2.04. The maximum atomic E-state index is 11.5. The standard InChI is InChI=1S/C12H13NO4/c14-11(15)4-6-17-9-1-2-10-8(7-9)3-5-13-12(10)16/h1-2,7H,3-6H2,(H,13,16)(H,14,15). The Balaban J connectivity index is 2.05. The summed E-state index contributed by atoms with van der Waals surface area (Å²) in [5.41, 5.74) is 1.61. The Morgan fingerprint density at radius 2 is 2.29 bits per heavy atom. The van der Waals surface area contributed by atoms with Gasteiger partial charge in [0.15, 0.2) is 0 Å². The number of ether oxygens (including phenoxy) is 1. The number of carboxylic acid groups (broad SMARTS) is 1. The van der Waals surface area contributed by atoms with Crippen molar-refractivity contribution in [2.45, 2.75) is 12.8 Å². The summed E-state index contributed by atoms with van der Waals surface area (Å²) in [7, 11) is 0. The van der Waals surface area contributed by atoms with E-state index in [2.05, 4.69) is 5.32 Å². The molecule has 1 aliphatic rings. The summed E-state index contributed by atoms with van der Waals surface area (Å²) in [5.74, 6) is -0.342. The summed E-state index contributed by atoms with van der Waals surface area (Å²) in [6.45, 7) is 0.769. The van der Waals surface area contributed by atoms with Gasteiger partial charge in [0.05, 0.1) is 13.0 Å². The van der Waals surface area contributed by atoms with Gasteiger partial charge in [-0.15, -0.1) is 0 Å². The van der Waals surface area contributed by atoms with E-state index in [0.717, 1.165) is 12.0 Å². The van der Waals surface area contributed by atoms with Crippen molar-refractivity contribution in [3.8, 4) is 5.75 Å². The van der Waals surface area contributed by atoms with Gasteiger partial charge in [0, 0.05) is 12.1 Å². The number of nitrogens with one attached hydrogen (secondary N) is 1. The zero-order valence-corrected chi connectivity index (χ0v) is 9.23. The maximum absolute atomic E-state index is 11.5. The molecule has 2 N–H and O–H groups in total. The minimum Gasteiger partial charge on any atom is -0.493 e. The number of benzene rings is 1. The second kappa shape index (κ2) is 4.86. The van der Waals surface area contributed by atoms with Gasteiger partial charge in [-0.2, -0.15) is 0 Å². The first kappa shape index (κ1) is 11.4. The van der Waals surface area contributed by atoms with Crippen molar-refractivity contribution in [3.63, 3.8) is 0 Å². The molecule has 0 radical (unpaired) electrons. The fraction of sp³-hybridized carbons (Fsp3) is 0.333. The van der Waals surface area contributed by atoms with Crippen molar-refractivity contribution < 1.29 is 19.4 Å². The number of carboxylic acids is 1. The molecular formula is C12H13NO4. The lowest BCUT2D eigenvalue weighted by molar-refractivity contribution is -0.137. The van der Waals surface area contributed by atoms with Crippen LogP contribution in [0.3, 0.4) is 0 Å². The van der Waals surface area contributed by atoms with Crippen molar-refractivity contribution in [1.82, 2.24) is 5.32 Å². The molecule has 1 heterocycles. The number of hydrogen-bond acceptors (Lipinski definition) is 3. The van der Waals surface area contributed by atoms with Crippen LogP contribution in [0.25, 0.3) is 0 Å². The Kier molecular flexibility index (Phi) is 3.27. The minimum absolute atomic E-state index is 0.0302. The summed E-state index contributed by atoms with van der Waals surface area (Å²) < 4.78 is 5.31. The van der Waals surface area contributed by atoms with Crippen LogP contribution in [0.2, 0.25) is 0 Å². The molecule has 1 amide bonds. The average molecular weight is 235 g/mol. The minimum atomic E-state index is -0.887. The van der Waals surface area contributed by atoms with Crippen molar-refractivity contribution in [1.29, 1.82) is 0 Å². The van der Waals surface area contributed by atoms with Gasteiger partial charge in [-0.05, 0) is 30.2 Å². The molecule has 1 aromatic carbocycles. The molecule has 0 aliphatic carbocycles. The van der Waals surface area contributed by atoms with Gasteiger partial charge in [0.1, 0.15) is 5.75 Å². The van der Waals surface area contributed by atoms with E-state index in [0.29, 0.717) is 17.9 Å². The second-order valence-corrected chi connectivity index (χ2v) is 3.82. The van der Waals surface area contributed by atoms with Crippen LogP contribution >= 0.6 is 0 Å². The van der Waals surface area contributed by atoms with Gasteiger partial charge in [-0.3, -0.25) is 9.59 Å². The van der Waals surface area contributed by atoms with Gasteiger partial charge < -0.3 is 15.2 Å². The highest BCUT2D eigenvalue weighted by molar-refractivity contribution is 5.96. The summed E-state index contributed by atoms with van der Waals surface area (Å²) in [6, 6.07) is 5.20. The molecule has 0 fully saturated rings. The number of amides is 1. The number of carbonyl (C=O) groups is 2. The topological polar surface area (TPSA) is 75.6 Å². The highest BCUT2D eigenvalue weighted by Gasteiger charge is 2.16. The lowest BCUT2D eigenvalue weighted by Gasteiger charge is -2.17. The Labute approximate surface area is 98.4 Å². The Morgan fingerprint density at radius 3 is 3.06 bits per heavy atom. The zero-order valence-electron chi connectivity index (χ0n) is 9.23. The lowest BCUT2D eigenvalue weighted by Crippen LogP contribution is -2.31. The molecule has 0 spiro atoms. The summed E-state index contributed by atoms with van der Waals surface area (Å²) in [4.78, 5) is 21.8. The first-order chi connectivity index (χ1) is 8.16. The fourth-order valence-corrected chi connectivity index (χ4v) is 1.75. The molecule has 2 rings (SSSR count). The van der Waals surface area contributed by atoms with E-state index in [1.807, 2.05) is 0 Å². The van der Waals surface area contributed by atoms with Gasteiger partial charge in [-0.1, -0.05) is 0 Å². The second-order valence-electron chi connectivity index (χ2n) is 3.82. The molecule has 17 heavy (non-hydrogen) atoms. The number of carbonyl (C=O) groups excluding carboxylic acids is 1.